The third kappa shape index (κ3) is 2.59. The molecular weight excluding hydrogens is 268 g/mol. The lowest BCUT2D eigenvalue weighted by Crippen LogP contribution is -1.86. The van der Waals surface area contributed by atoms with Gasteiger partial charge in [-0.25, -0.2) is 4.98 Å². The van der Waals surface area contributed by atoms with Crippen molar-refractivity contribution in [2.75, 3.05) is 0 Å². The summed E-state index contributed by atoms with van der Waals surface area (Å²) in [5.74, 6) is 1.33. The van der Waals surface area contributed by atoms with Crippen LogP contribution in [0.3, 0.4) is 0 Å². The molecule has 2 rings (SSSR count). The predicted octanol–water partition coefficient (Wildman–Crippen LogP) is 3.51. The summed E-state index contributed by atoms with van der Waals surface area (Å²) in [4.78, 5) is 3.92. The third-order valence-corrected chi connectivity index (χ3v) is 2.38. The second-order valence-corrected chi connectivity index (χ2v) is 3.97. The third-order valence-electron chi connectivity index (χ3n) is 1.88. The second-order valence-electron chi connectivity index (χ2n) is 3.05. The first-order chi connectivity index (χ1) is 7.78. The van der Waals surface area contributed by atoms with Gasteiger partial charge in [0.25, 0.3) is 0 Å². The van der Waals surface area contributed by atoms with Crippen LogP contribution >= 0.6 is 15.9 Å². The number of nitrogens with zero attached hydrogens (tertiary/aromatic N) is 2. The second kappa shape index (κ2) is 4.77. The molecule has 0 amide bonds. The molecule has 1 heterocycles. The van der Waals surface area contributed by atoms with Crippen LogP contribution < -0.4 is 4.74 Å². The zero-order chi connectivity index (χ0) is 11.4. The Hall–Kier alpha value is -1.86. The van der Waals surface area contributed by atoms with E-state index in [2.05, 4.69) is 20.9 Å². The van der Waals surface area contributed by atoms with E-state index in [1.807, 2.05) is 30.3 Å². The highest BCUT2D eigenvalue weighted by atomic mass is 79.9. The molecule has 0 radical (unpaired) electrons. The maximum Gasteiger partial charge on any atom is 0.145 e. The first-order valence-corrected chi connectivity index (χ1v) is 5.37. The minimum absolute atomic E-state index is 0.376. The molecule has 0 N–H and O–H groups in total. The maximum atomic E-state index is 8.60. The Morgan fingerprint density at radius 2 is 2.06 bits per heavy atom. The van der Waals surface area contributed by atoms with E-state index in [1.54, 1.807) is 12.1 Å². The molecule has 0 aliphatic heterocycles. The van der Waals surface area contributed by atoms with Crippen molar-refractivity contribution in [3.05, 3.63) is 52.8 Å². The summed E-state index contributed by atoms with van der Waals surface area (Å²) >= 11 is 3.36. The largest absolute Gasteiger partial charge is 0.456 e. The molecule has 1 aromatic heterocycles. The van der Waals surface area contributed by atoms with Crippen LogP contribution in [0.1, 0.15) is 5.69 Å². The number of pyridine rings is 1. The van der Waals surface area contributed by atoms with Crippen LogP contribution in [-0.2, 0) is 0 Å². The van der Waals surface area contributed by atoms with Crippen molar-refractivity contribution in [2.24, 2.45) is 0 Å². The van der Waals surface area contributed by atoms with Gasteiger partial charge in [-0.1, -0.05) is 22.0 Å². The van der Waals surface area contributed by atoms with Gasteiger partial charge in [0.2, 0.25) is 0 Å². The monoisotopic (exact) mass is 274 g/mol. The molecule has 0 spiro atoms. The van der Waals surface area contributed by atoms with Crippen LogP contribution in [0.5, 0.6) is 11.5 Å². The van der Waals surface area contributed by atoms with Gasteiger partial charge >= 0.3 is 0 Å². The minimum Gasteiger partial charge on any atom is -0.456 e. The summed E-state index contributed by atoms with van der Waals surface area (Å²) < 4.78 is 6.51. The number of ether oxygens (including phenoxy) is 1. The average Bonchev–Trinajstić information content (AvgIpc) is 2.30. The summed E-state index contributed by atoms with van der Waals surface area (Å²) in [7, 11) is 0. The lowest BCUT2D eigenvalue weighted by Gasteiger charge is -2.04. The molecule has 0 fully saturated rings. The van der Waals surface area contributed by atoms with Crippen LogP contribution in [0.15, 0.2) is 47.1 Å². The molecule has 0 atom stereocenters. The van der Waals surface area contributed by atoms with E-state index in [0.29, 0.717) is 11.4 Å². The molecule has 0 saturated heterocycles. The van der Waals surface area contributed by atoms with Gasteiger partial charge in [-0.15, -0.1) is 0 Å². The molecular formula is C12H7BrN2O. The van der Waals surface area contributed by atoms with E-state index in [1.165, 1.54) is 6.20 Å². The fourth-order valence-corrected chi connectivity index (χ4v) is 1.55. The average molecular weight is 275 g/mol. The van der Waals surface area contributed by atoms with E-state index in [0.717, 1.165) is 10.2 Å². The van der Waals surface area contributed by atoms with Crippen molar-refractivity contribution in [3.8, 4) is 17.6 Å². The highest BCUT2D eigenvalue weighted by Gasteiger charge is 1.98. The number of hydrogen-bond donors (Lipinski definition) is 0. The van der Waals surface area contributed by atoms with Gasteiger partial charge in [0, 0.05) is 4.47 Å². The van der Waals surface area contributed by atoms with Crippen LogP contribution in [0.4, 0.5) is 0 Å². The van der Waals surface area contributed by atoms with Gasteiger partial charge in [0.15, 0.2) is 0 Å². The van der Waals surface area contributed by atoms with Crippen molar-refractivity contribution in [3.63, 3.8) is 0 Å². The molecule has 2 aromatic rings. The van der Waals surface area contributed by atoms with Gasteiger partial charge in [-0.2, -0.15) is 5.26 Å². The van der Waals surface area contributed by atoms with Gasteiger partial charge in [-0.3, -0.25) is 0 Å². The Labute approximate surface area is 101 Å². The number of halogens is 1. The lowest BCUT2D eigenvalue weighted by atomic mass is 10.3. The zero-order valence-electron chi connectivity index (χ0n) is 8.22. The maximum absolute atomic E-state index is 8.60. The van der Waals surface area contributed by atoms with Crippen LogP contribution in [0, 0.1) is 11.3 Å². The number of benzene rings is 1. The summed E-state index contributed by atoms with van der Waals surface area (Å²) in [6, 6.07) is 12.8. The highest BCUT2D eigenvalue weighted by Crippen LogP contribution is 2.23. The molecule has 0 aliphatic carbocycles. The van der Waals surface area contributed by atoms with E-state index in [-0.39, 0.29) is 0 Å². The molecule has 78 valence electrons. The van der Waals surface area contributed by atoms with Crippen LogP contribution in [0.2, 0.25) is 0 Å². The molecule has 0 aliphatic rings. The van der Waals surface area contributed by atoms with Crippen molar-refractivity contribution in [2.45, 2.75) is 0 Å². The van der Waals surface area contributed by atoms with E-state index < -0.39 is 0 Å². The topological polar surface area (TPSA) is 45.9 Å². The SMILES string of the molecule is N#Cc1ccc(Oc2cccc(Br)c2)cn1. The Balaban J connectivity index is 2.18. The summed E-state index contributed by atoms with van der Waals surface area (Å²) in [5.41, 5.74) is 0.376. The smallest absolute Gasteiger partial charge is 0.145 e. The number of hydrogen-bond acceptors (Lipinski definition) is 3. The van der Waals surface area contributed by atoms with Crippen molar-refractivity contribution in [1.29, 1.82) is 5.26 Å². The molecule has 3 nitrogen and oxygen atoms in total. The molecule has 0 saturated carbocycles. The summed E-state index contributed by atoms with van der Waals surface area (Å²) in [6.07, 6.45) is 1.53. The predicted molar refractivity (Wildman–Crippen MR) is 63.2 cm³/mol. The summed E-state index contributed by atoms with van der Waals surface area (Å²) in [5, 5.41) is 8.60. The fourth-order valence-electron chi connectivity index (χ4n) is 1.17. The zero-order valence-corrected chi connectivity index (χ0v) is 9.81. The van der Waals surface area contributed by atoms with Crippen LogP contribution in [0.25, 0.3) is 0 Å². The quantitative estimate of drug-likeness (QED) is 0.842. The first-order valence-electron chi connectivity index (χ1n) is 4.57. The van der Waals surface area contributed by atoms with E-state index in [9.17, 15) is 0 Å². The highest BCUT2D eigenvalue weighted by molar-refractivity contribution is 9.10. The number of nitriles is 1. The standard InChI is InChI=1S/C12H7BrN2O/c13-9-2-1-3-11(6-9)16-12-5-4-10(7-14)15-8-12/h1-6,8H. The Morgan fingerprint density at radius 1 is 1.19 bits per heavy atom. The van der Waals surface area contributed by atoms with E-state index >= 15 is 0 Å². The van der Waals surface area contributed by atoms with Gasteiger partial charge in [0.1, 0.15) is 23.3 Å². The lowest BCUT2D eigenvalue weighted by molar-refractivity contribution is 0.480. The Bertz CT molecular complexity index is 531. The molecule has 1 aromatic carbocycles. The van der Waals surface area contributed by atoms with Gasteiger partial charge in [0.05, 0.1) is 6.20 Å². The molecule has 0 bridgehead atoms. The normalized spacial score (nSPS) is 9.50. The van der Waals surface area contributed by atoms with Gasteiger partial charge in [-0.05, 0) is 30.3 Å². The summed E-state index contributed by atoms with van der Waals surface area (Å²) in [6.45, 7) is 0. The minimum atomic E-state index is 0.376. The molecule has 4 heteroatoms. The number of rotatable bonds is 2. The van der Waals surface area contributed by atoms with Crippen LogP contribution in [-0.4, -0.2) is 4.98 Å². The van der Waals surface area contributed by atoms with Crippen molar-refractivity contribution in [1.82, 2.24) is 4.98 Å². The Kier molecular flexibility index (Phi) is 3.18. The molecule has 0 unspecified atom stereocenters. The van der Waals surface area contributed by atoms with E-state index in [4.69, 9.17) is 10.00 Å². The van der Waals surface area contributed by atoms with Crippen molar-refractivity contribution < 1.29 is 4.74 Å². The molecule has 16 heavy (non-hydrogen) atoms. The van der Waals surface area contributed by atoms with Gasteiger partial charge < -0.3 is 4.74 Å². The van der Waals surface area contributed by atoms with Crippen molar-refractivity contribution >= 4 is 15.9 Å². The fraction of sp³-hybridized carbons (Fsp3) is 0. The first kappa shape index (κ1) is 10.7. The number of aromatic nitrogens is 1. The Morgan fingerprint density at radius 3 is 2.69 bits per heavy atom.